The van der Waals surface area contributed by atoms with E-state index in [0.717, 1.165) is 18.3 Å². The second kappa shape index (κ2) is 6.73. The summed E-state index contributed by atoms with van der Waals surface area (Å²) >= 11 is 1.80. The first-order valence-corrected chi connectivity index (χ1v) is 8.54. The van der Waals surface area contributed by atoms with Crippen LogP contribution in [-0.2, 0) is 7.05 Å². The maximum absolute atomic E-state index is 4.55. The zero-order valence-corrected chi connectivity index (χ0v) is 13.6. The molecule has 0 saturated carbocycles. The minimum Gasteiger partial charge on any atom is -0.336 e. The molecule has 114 valence electrons. The van der Waals surface area contributed by atoms with Crippen LogP contribution in [0.15, 0.2) is 29.9 Å². The largest absolute Gasteiger partial charge is 0.336 e. The highest BCUT2D eigenvalue weighted by Crippen LogP contribution is 2.25. The van der Waals surface area contributed by atoms with Crippen LogP contribution in [0.3, 0.4) is 0 Å². The molecule has 1 aliphatic rings. The van der Waals surface area contributed by atoms with Gasteiger partial charge in [-0.15, -0.1) is 11.3 Å². The van der Waals surface area contributed by atoms with Crippen LogP contribution < -0.4 is 5.32 Å². The van der Waals surface area contributed by atoms with E-state index in [-0.39, 0.29) is 6.04 Å². The normalized spacial score (nSPS) is 21.5. The van der Waals surface area contributed by atoms with Crippen LogP contribution in [0, 0.1) is 5.92 Å². The van der Waals surface area contributed by atoms with E-state index in [1.165, 1.54) is 30.8 Å². The zero-order chi connectivity index (χ0) is 14.7. The summed E-state index contributed by atoms with van der Waals surface area (Å²) < 4.78 is 2.12. The van der Waals surface area contributed by atoms with Gasteiger partial charge in [0.1, 0.15) is 11.9 Å². The van der Waals surface area contributed by atoms with Crippen LogP contribution >= 0.6 is 11.3 Å². The van der Waals surface area contributed by atoms with Crippen molar-refractivity contribution in [2.45, 2.75) is 18.9 Å². The molecular formula is C16H24N4S. The van der Waals surface area contributed by atoms with Gasteiger partial charge in [0, 0.05) is 37.4 Å². The fraction of sp³-hybridized carbons (Fsp3) is 0.562. The van der Waals surface area contributed by atoms with E-state index in [4.69, 9.17) is 0 Å². The summed E-state index contributed by atoms with van der Waals surface area (Å²) in [5.41, 5.74) is 0. The fourth-order valence-corrected chi connectivity index (χ4v) is 3.95. The molecule has 1 fully saturated rings. The lowest BCUT2D eigenvalue weighted by atomic mass is 9.98. The van der Waals surface area contributed by atoms with Crippen LogP contribution in [0.4, 0.5) is 0 Å². The van der Waals surface area contributed by atoms with Crippen LogP contribution in [0.2, 0.25) is 0 Å². The van der Waals surface area contributed by atoms with Gasteiger partial charge >= 0.3 is 0 Å². The highest BCUT2D eigenvalue weighted by molar-refractivity contribution is 7.10. The van der Waals surface area contributed by atoms with Crippen molar-refractivity contribution in [2.24, 2.45) is 13.0 Å². The molecular weight excluding hydrogens is 280 g/mol. The van der Waals surface area contributed by atoms with Crippen LogP contribution in [0.5, 0.6) is 0 Å². The summed E-state index contributed by atoms with van der Waals surface area (Å²) in [7, 11) is 4.29. The smallest absolute Gasteiger partial charge is 0.131 e. The zero-order valence-electron chi connectivity index (χ0n) is 12.8. The Balaban J connectivity index is 1.70. The van der Waals surface area contributed by atoms with Crippen molar-refractivity contribution in [1.29, 1.82) is 0 Å². The Labute approximate surface area is 130 Å². The Hall–Kier alpha value is -1.17. The maximum atomic E-state index is 4.55. The standard InChI is InChI=1S/C16H24N4S/c1-19-8-3-5-13(12-19)11-18-15(14-6-4-10-21-14)16-17-7-9-20(16)2/h4,6-7,9-10,13,15,18H,3,5,8,11-12H2,1-2H3. The number of nitrogens with zero attached hydrogens (tertiary/aromatic N) is 3. The van der Waals surface area contributed by atoms with Crippen molar-refractivity contribution in [3.8, 4) is 0 Å². The Morgan fingerprint density at radius 1 is 1.48 bits per heavy atom. The van der Waals surface area contributed by atoms with Crippen LogP contribution in [0.25, 0.3) is 0 Å². The number of piperidine rings is 1. The van der Waals surface area contributed by atoms with E-state index in [1.807, 2.05) is 12.4 Å². The number of likely N-dealkylation sites (tertiary alicyclic amines) is 1. The minimum absolute atomic E-state index is 0.206. The number of hydrogen-bond donors (Lipinski definition) is 1. The van der Waals surface area contributed by atoms with Crippen LogP contribution in [0.1, 0.15) is 29.6 Å². The molecule has 0 spiro atoms. The Bertz CT molecular complexity index is 548. The van der Waals surface area contributed by atoms with E-state index in [1.54, 1.807) is 11.3 Å². The van der Waals surface area contributed by atoms with Crippen molar-refractivity contribution < 1.29 is 0 Å². The van der Waals surface area contributed by atoms with E-state index in [2.05, 4.69) is 51.4 Å². The molecule has 3 rings (SSSR count). The third-order valence-corrected chi connectivity index (χ3v) is 5.21. The van der Waals surface area contributed by atoms with Gasteiger partial charge < -0.3 is 14.8 Å². The quantitative estimate of drug-likeness (QED) is 0.921. The van der Waals surface area contributed by atoms with Crippen molar-refractivity contribution in [3.63, 3.8) is 0 Å². The third kappa shape index (κ3) is 3.54. The number of nitrogens with one attached hydrogen (secondary N) is 1. The van der Waals surface area contributed by atoms with Crippen molar-refractivity contribution in [3.05, 3.63) is 40.6 Å². The molecule has 4 nitrogen and oxygen atoms in total. The van der Waals surface area contributed by atoms with Gasteiger partial charge in [0.2, 0.25) is 0 Å². The summed E-state index contributed by atoms with van der Waals surface area (Å²) in [6.07, 6.45) is 6.54. The molecule has 5 heteroatoms. The van der Waals surface area contributed by atoms with Gasteiger partial charge in [-0.2, -0.15) is 0 Å². The van der Waals surface area contributed by atoms with E-state index in [0.29, 0.717) is 0 Å². The predicted octanol–water partition coefficient (Wildman–Crippen LogP) is 2.50. The molecule has 2 unspecified atom stereocenters. The molecule has 1 N–H and O–H groups in total. The Morgan fingerprint density at radius 2 is 2.38 bits per heavy atom. The highest BCUT2D eigenvalue weighted by atomic mass is 32.1. The van der Waals surface area contributed by atoms with Crippen molar-refractivity contribution in [1.82, 2.24) is 19.8 Å². The topological polar surface area (TPSA) is 33.1 Å². The molecule has 0 radical (unpaired) electrons. The summed E-state index contributed by atoms with van der Waals surface area (Å²) in [6.45, 7) is 3.49. The molecule has 21 heavy (non-hydrogen) atoms. The van der Waals surface area contributed by atoms with Gasteiger partial charge in [-0.3, -0.25) is 0 Å². The first kappa shape index (κ1) is 14.8. The van der Waals surface area contributed by atoms with Crippen molar-refractivity contribution in [2.75, 3.05) is 26.7 Å². The molecule has 0 aliphatic carbocycles. The number of thiophene rings is 1. The monoisotopic (exact) mass is 304 g/mol. The Morgan fingerprint density at radius 3 is 3.05 bits per heavy atom. The average Bonchev–Trinajstić information content (AvgIpc) is 3.12. The van der Waals surface area contributed by atoms with E-state index >= 15 is 0 Å². The van der Waals surface area contributed by atoms with Gasteiger partial charge in [0.25, 0.3) is 0 Å². The van der Waals surface area contributed by atoms with E-state index < -0.39 is 0 Å². The second-order valence-corrected chi connectivity index (χ2v) is 7.00. The maximum Gasteiger partial charge on any atom is 0.131 e. The number of aryl methyl sites for hydroxylation is 1. The van der Waals surface area contributed by atoms with Gasteiger partial charge in [-0.1, -0.05) is 6.07 Å². The van der Waals surface area contributed by atoms with E-state index in [9.17, 15) is 0 Å². The fourth-order valence-electron chi connectivity index (χ4n) is 3.15. The Kier molecular flexibility index (Phi) is 4.73. The first-order valence-electron chi connectivity index (χ1n) is 7.66. The lowest BCUT2D eigenvalue weighted by Crippen LogP contribution is -2.38. The number of imidazole rings is 1. The summed E-state index contributed by atoms with van der Waals surface area (Å²) in [4.78, 5) is 8.33. The SMILES string of the molecule is CN1CCCC(CNC(c2cccs2)c2nccn2C)C1. The number of rotatable bonds is 5. The minimum atomic E-state index is 0.206. The summed E-state index contributed by atoms with van der Waals surface area (Å²) in [5, 5.41) is 5.90. The van der Waals surface area contributed by atoms with Gasteiger partial charge in [0.15, 0.2) is 0 Å². The van der Waals surface area contributed by atoms with Crippen molar-refractivity contribution >= 4 is 11.3 Å². The average molecular weight is 304 g/mol. The molecule has 2 aromatic heterocycles. The number of aromatic nitrogens is 2. The highest BCUT2D eigenvalue weighted by Gasteiger charge is 2.22. The molecule has 1 saturated heterocycles. The molecule has 0 bridgehead atoms. The first-order chi connectivity index (χ1) is 10.2. The van der Waals surface area contributed by atoms with Gasteiger partial charge in [-0.05, 0) is 43.8 Å². The predicted molar refractivity (Wildman–Crippen MR) is 87.6 cm³/mol. The molecule has 3 heterocycles. The second-order valence-electron chi connectivity index (χ2n) is 6.02. The molecule has 0 aromatic carbocycles. The lowest BCUT2D eigenvalue weighted by Gasteiger charge is -2.31. The van der Waals surface area contributed by atoms with Gasteiger partial charge in [0.05, 0.1) is 0 Å². The van der Waals surface area contributed by atoms with Crippen LogP contribution in [-0.4, -0.2) is 41.1 Å². The molecule has 0 amide bonds. The lowest BCUT2D eigenvalue weighted by molar-refractivity contribution is 0.204. The molecule has 2 aromatic rings. The van der Waals surface area contributed by atoms with Gasteiger partial charge in [-0.25, -0.2) is 4.98 Å². The molecule has 1 aliphatic heterocycles. The summed E-state index contributed by atoms with van der Waals surface area (Å²) in [5.74, 6) is 1.84. The summed E-state index contributed by atoms with van der Waals surface area (Å²) in [6, 6.07) is 4.52. The molecule has 2 atom stereocenters. The third-order valence-electron chi connectivity index (χ3n) is 4.28. The number of hydrogen-bond acceptors (Lipinski definition) is 4.